The van der Waals surface area contributed by atoms with Crippen molar-refractivity contribution in [1.29, 1.82) is 0 Å². The normalized spacial score (nSPS) is 11.6. The molecule has 0 bridgehead atoms. The molecule has 2 rings (SSSR count). The summed E-state index contributed by atoms with van der Waals surface area (Å²) in [6.07, 6.45) is 0. The van der Waals surface area contributed by atoms with Gasteiger partial charge in [-0.25, -0.2) is 14.1 Å². The maximum atomic E-state index is 11.5. The highest BCUT2D eigenvalue weighted by Gasteiger charge is 2.31. The first-order chi connectivity index (χ1) is 9.21. The largest absolute Gasteiger partial charge is 0.476 e. The number of carbonyl (C=O) groups is 1. The van der Waals surface area contributed by atoms with E-state index in [-0.39, 0.29) is 19.4 Å². The molecule has 0 aromatic carbocycles. The summed E-state index contributed by atoms with van der Waals surface area (Å²) >= 11 is 13.2. The second kappa shape index (κ2) is 5.47. The van der Waals surface area contributed by atoms with Crippen LogP contribution in [0.1, 0.15) is 10.5 Å². The van der Waals surface area contributed by atoms with Gasteiger partial charge in [-0.2, -0.15) is 8.42 Å². The SMILES string of the molecule is O=C(O)c1ncsc1N(c1cc(Cl)sc1Cl)S(=O)(=O)O. The predicted octanol–water partition coefficient (Wildman–Crippen LogP) is 3.15. The molecule has 2 aromatic rings. The van der Waals surface area contributed by atoms with Crippen LogP contribution >= 0.6 is 45.9 Å². The standard InChI is InChI=1S/C8H4Cl2N2O5S3/c9-4-1-3(6(10)19-4)12(20(15,16)17)7-5(8(13)14)11-2-18-7/h1-2H,(H,13,14)(H,15,16,17). The zero-order chi connectivity index (χ0) is 15.1. The van der Waals surface area contributed by atoms with Crippen molar-refractivity contribution in [2.24, 2.45) is 0 Å². The summed E-state index contributed by atoms with van der Waals surface area (Å²) in [7, 11) is -4.80. The minimum Gasteiger partial charge on any atom is -0.476 e. The Hall–Kier alpha value is -0.910. The van der Waals surface area contributed by atoms with E-state index in [4.69, 9.17) is 28.3 Å². The molecule has 0 saturated carbocycles. The Labute approximate surface area is 130 Å². The van der Waals surface area contributed by atoms with Crippen molar-refractivity contribution in [3.63, 3.8) is 0 Å². The van der Waals surface area contributed by atoms with E-state index in [1.54, 1.807) is 0 Å². The summed E-state index contributed by atoms with van der Waals surface area (Å²) in [5.74, 6) is -1.44. The Morgan fingerprint density at radius 2 is 2.05 bits per heavy atom. The smallest absolute Gasteiger partial charge is 0.365 e. The molecule has 0 amide bonds. The fraction of sp³-hybridized carbons (Fsp3) is 0. The van der Waals surface area contributed by atoms with E-state index in [0.29, 0.717) is 4.31 Å². The number of thiazole rings is 1. The van der Waals surface area contributed by atoms with Crippen molar-refractivity contribution >= 4 is 72.8 Å². The summed E-state index contributed by atoms with van der Waals surface area (Å²) in [5.41, 5.74) is 0.473. The number of hydrogen-bond acceptors (Lipinski definition) is 6. The van der Waals surface area contributed by atoms with Crippen molar-refractivity contribution in [1.82, 2.24) is 4.98 Å². The number of aromatic nitrogens is 1. The molecular weight excluding hydrogens is 371 g/mol. The van der Waals surface area contributed by atoms with Gasteiger partial charge in [-0.15, -0.1) is 22.7 Å². The van der Waals surface area contributed by atoms with E-state index in [2.05, 4.69) is 4.98 Å². The van der Waals surface area contributed by atoms with Crippen LogP contribution in [0.15, 0.2) is 11.6 Å². The van der Waals surface area contributed by atoms with Gasteiger partial charge in [0.1, 0.15) is 9.34 Å². The van der Waals surface area contributed by atoms with Crippen LogP contribution in [-0.2, 0) is 10.3 Å². The number of carboxylic acids is 1. The van der Waals surface area contributed by atoms with Gasteiger partial charge >= 0.3 is 16.3 Å². The molecule has 0 aliphatic carbocycles. The van der Waals surface area contributed by atoms with Gasteiger partial charge in [0, 0.05) is 0 Å². The molecule has 2 aromatic heterocycles. The maximum absolute atomic E-state index is 11.5. The van der Waals surface area contributed by atoms with Crippen LogP contribution in [0, 0.1) is 0 Å². The van der Waals surface area contributed by atoms with Crippen molar-refractivity contribution < 1.29 is 22.9 Å². The summed E-state index contributed by atoms with van der Waals surface area (Å²) in [4.78, 5) is 14.6. The van der Waals surface area contributed by atoms with Crippen molar-refractivity contribution in [2.75, 3.05) is 4.31 Å². The van der Waals surface area contributed by atoms with Gasteiger partial charge in [-0.05, 0) is 6.07 Å². The van der Waals surface area contributed by atoms with Gasteiger partial charge in [0.25, 0.3) is 0 Å². The summed E-state index contributed by atoms with van der Waals surface area (Å²) in [5, 5.41) is 8.68. The summed E-state index contributed by atoms with van der Waals surface area (Å²) in [6, 6.07) is 1.20. The molecular formula is C8H4Cl2N2O5S3. The monoisotopic (exact) mass is 374 g/mol. The van der Waals surface area contributed by atoms with Gasteiger partial charge in [-0.3, -0.25) is 4.55 Å². The van der Waals surface area contributed by atoms with Gasteiger partial charge in [0.05, 0.1) is 15.5 Å². The third-order valence-corrected chi connectivity index (χ3v) is 5.26. The average molecular weight is 375 g/mol. The zero-order valence-corrected chi connectivity index (χ0v) is 13.1. The number of rotatable bonds is 4. The first-order valence-corrected chi connectivity index (χ1v) is 8.46. The van der Waals surface area contributed by atoms with Crippen LogP contribution in [-0.4, -0.2) is 29.0 Å². The highest BCUT2D eigenvalue weighted by molar-refractivity contribution is 7.87. The van der Waals surface area contributed by atoms with Crippen molar-refractivity contribution in [3.05, 3.63) is 25.9 Å². The number of carboxylic acid groups (broad SMARTS) is 1. The Balaban J connectivity index is 2.69. The molecule has 0 aliphatic heterocycles. The molecule has 0 fully saturated rings. The first-order valence-electron chi connectivity index (χ1n) is 4.61. The lowest BCUT2D eigenvalue weighted by Gasteiger charge is -2.18. The molecule has 0 saturated heterocycles. The van der Waals surface area contributed by atoms with Crippen molar-refractivity contribution in [2.45, 2.75) is 0 Å². The average Bonchev–Trinajstić information content (AvgIpc) is 2.85. The van der Waals surface area contributed by atoms with Crippen LogP contribution in [0.3, 0.4) is 0 Å². The van der Waals surface area contributed by atoms with Crippen molar-refractivity contribution in [3.8, 4) is 0 Å². The highest BCUT2D eigenvalue weighted by atomic mass is 35.5. The lowest BCUT2D eigenvalue weighted by Crippen LogP contribution is -2.25. The lowest BCUT2D eigenvalue weighted by molar-refractivity contribution is 0.0692. The quantitative estimate of drug-likeness (QED) is 0.795. The van der Waals surface area contributed by atoms with Gasteiger partial charge in [-0.1, -0.05) is 23.2 Å². The molecule has 108 valence electrons. The van der Waals surface area contributed by atoms with Crippen LogP contribution in [0.2, 0.25) is 8.67 Å². The third kappa shape index (κ3) is 2.90. The second-order valence-electron chi connectivity index (χ2n) is 3.26. The fourth-order valence-electron chi connectivity index (χ4n) is 1.34. The number of nitrogens with zero attached hydrogens (tertiary/aromatic N) is 2. The van der Waals surface area contributed by atoms with E-state index >= 15 is 0 Å². The summed E-state index contributed by atoms with van der Waals surface area (Å²) in [6.45, 7) is 0. The molecule has 0 radical (unpaired) electrons. The molecule has 0 aliphatic rings. The predicted molar refractivity (Wildman–Crippen MR) is 77.1 cm³/mol. The zero-order valence-electron chi connectivity index (χ0n) is 9.15. The Morgan fingerprint density at radius 1 is 1.40 bits per heavy atom. The lowest BCUT2D eigenvalue weighted by atomic mass is 10.4. The molecule has 20 heavy (non-hydrogen) atoms. The van der Waals surface area contributed by atoms with Crippen LogP contribution in [0.25, 0.3) is 0 Å². The molecule has 0 spiro atoms. The van der Waals surface area contributed by atoms with E-state index < -0.39 is 22.0 Å². The maximum Gasteiger partial charge on any atom is 0.365 e. The third-order valence-electron chi connectivity index (χ3n) is 2.02. The van der Waals surface area contributed by atoms with Gasteiger partial charge < -0.3 is 5.11 Å². The van der Waals surface area contributed by atoms with E-state index in [1.165, 1.54) is 6.07 Å². The molecule has 7 nitrogen and oxygen atoms in total. The Kier molecular flexibility index (Phi) is 4.23. The number of thiophene rings is 1. The molecule has 0 atom stereocenters. The highest BCUT2D eigenvalue weighted by Crippen LogP contribution is 2.43. The van der Waals surface area contributed by atoms with Gasteiger partial charge in [0.2, 0.25) is 0 Å². The van der Waals surface area contributed by atoms with Crippen LogP contribution in [0.4, 0.5) is 10.7 Å². The number of hydrogen-bond donors (Lipinski definition) is 2. The second-order valence-corrected chi connectivity index (χ2v) is 7.64. The van der Waals surface area contributed by atoms with E-state index in [1.807, 2.05) is 0 Å². The number of anilines is 2. The van der Waals surface area contributed by atoms with Gasteiger partial charge in [0.15, 0.2) is 5.69 Å². The Bertz CT molecular complexity index is 769. The number of halogens is 2. The first kappa shape index (κ1) is 15.5. The van der Waals surface area contributed by atoms with E-state index in [9.17, 15) is 17.8 Å². The minimum absolute atomic E-state index is 0.0163. The summed E-state index contributed by atoms with van der Waals surface area (Å²) < 4.78 is 33.0. The van der Waals surface area contributed by atoms with E-state index in [0.717, 1.165) is 28.2 Å². The topological polar surface area (TPSA) is 108 Å². The molecule has 2 heterocycles. The fourth-order valence-corrected chi connectivity index (χ4v) is 4.69. The molecule has 2 N–H and O–H groups in total. The van der Waals surface area contributed by atoms with Crippen LogP contribution < -0.4 is 4.31 Å². The van der Waals surface area contributed by atoms with Crippen LogP contribution in [0.5, 0.6) is 0 Å². The number of aromatic carboxylic acids is 1. The Morgan fingerprint density at radius 3 is 2.50 bits per heavy atom. The molecule has 12 heteroatoms. The minimum atomic E-state index is -4.80. The molecule has 0 unspecified atom stereocenters.